The molecule has 1 aliphatic rings. The minimum atomic E-state index is -0.457. The lowest BCUT2D eigenvalue weighted by Gasteiger charge is -2.28. The molecule has 0 spiro atoms. The Hall–Kier alpha value is -1.55. The Balaban J connectivity index is 1.94. The Morgan fingerprint density at radius 2 is 1.87 bits per heavy atom. The number of rotatable bonds is 5. The number of benzene rings is 1. The van der Waals surface area contributed by atoms with Crippen molar-refractivity contribution >= 4 is 6.09 Å². The van der Waals surface area contributed by atoms with Crippen molar-refractivity contribution in [3.63, 3.8) is 0 Å². The summed E-state index contributed by atoms with van der Waals surface area (Å²) in [7, 11) is 0. The second kappa shape index (κ2) is 7.82. The summed E-state index contributed by atoms with van der Waals surface area (Å²) in [6.07, 6.45) is 3.93. The molecule has 0 bridgehead atoms. The lowest BCUT2D eigenvalue weighted by Crippen LogP contribution is -2.48. The topological polar surface area (TPSA) is 50.4 Å². The summed E-state index contributed by atoms with van der Waals surface area (Å²) in [4.78, 5) is 12.0. The number of hydrogen-bond acceptors (Lipinski definition) is 3. The molecule has 1 aromatic rings. The molecular formula is C19H30N2O2. The van der Waals surface area contributed by atoms with Crippen LogP contribution in [0.3, 0.4) is 0 Å². The van der Waals surface area contributed by atoms with E-state index in [4.69, 9.17) is 4.74 Å². The van der Waals surface area contributed by atoms with Crippen LogP contribution in [0.15, 0.2) is 30.3 Å². The summed E-state index contributed by atoms with van der Waals surface area (Å²) < 4.78 is 5.39. The van der Waals surface area contributed by atoms with Gasteiger partial charge in [-0.3, -0.25) is 0 Å². The van der Waals surface area contributed by atoms with Crippen LogP contribution in [-0.4, -0.2) is 23.8 Å². The van der Waals surface area contributed by atoms with Crippen molar-refractivity contribution in [2.24, 2.45) is 0 Å². The fourth-order valence-corrected chi connectivity index (χ4v) is 3.18. The maximum Gasteiger partial charge on any atom is 0.407 e. The number of carbonyl (C=O) groups excluding carboxylic acids is 1. The van der Waals surface area contributed by atoms with Crippen molar-refractivity contribution in [3.05, 3.63) is 35.9 Å². The van der Waals surface area contributed by atoms with Gasteiger partial charge in [-0.15, -0.1) is 0 Å². The van der Waals surface area contributed by atoms with Crippen LogP contribution in [0.2, 0.25) is 0 Å². The number of carbonyl (C=O) groups is 1. The van der Waals surface area contributed by atoms with E-state index in [9.17, 15) is 4.79 Å². The highest BCUT2D eigenvalue weighted by molar-refractivity contribution is 5.68. The molecule has 1 aliphatic carbocycles. The second-order valence-corrected chi connectivity index (χ2v) is 7.33. The van der Waals surface area contributed by atoms with E-state index in [0.717, 1.165) is 25.7 Å². The van der Waals surface area contributed by atoms with Gasteiger partial charge < -0.3 is 15.4 Å². The number of ether oxygens (including phenoxy) is 1. The van der Waals surface area contributed by atoms with E-state index < -0.39 is 5.60 Å². The highest BCUT2D eigenvalue weighted by atomic mass is 16.6. The third kappa shape index (κ3) is 5.54. The van der Waals surface area contributed by atoms with Crippen molar-refractivity contribution in [1.29, 1.82) is 0 Å². The first-order valence-electron chi connectivity index (χ1n) is 8.69. The summed E-state index contributed by atoms with van der Waals surface area (Å²) in [6, 6.07) is 11.3. The van der Waals surface area contributed by atoms with Crippen LogP contribution in [0.25, 0.3) is 0 Å². The lowest BCUT2D eigenvalue weighted by atomic mass is 10.0. The average Bonchev–Trinajstić information content (AvgIpc) is 2.90. The van der Waals surface area contributed by atoms with Crippen LogP contribution in [0, 0.1) is 0 Å². The monoisotopic (exact) mass is 318 g/mol. The van der Waals surface area contributed by atoms with Gasteiger partial charge in [0.25, 0.3) is 0 Å². The van der Waals surface area contributed by atoms with E-state index in [-0.39, 0.29) is 12.1 Å². The quantitative estimate of drug-likeness (QED) is 0.856. The summed E-state index contributed by atoms with van der Waals surface area (Å²) >= 11 is 0. The Kier molecular flexibility index (Phi) is 6.05. The second-order valence-electron chi connectivity index (χ2n) is 7.33. The van der Waals surface area contributed by atoms with E-state index in [1.54, 1.807) is 0 Å². The van der Waals surface area contributed by atoms with Gasteiger partial charge >= 0.3 is 6.09 Å². The van der Waals surface area contributed by atoms with Crippen LogP contribution in [-0.2, 0) is 4.74 Å². The highest BCUT2D eigenvalue weighted by Crippen LogP contribution is 2.25. The van der Waals surface area contributed by atoms with Crippen LogP contribution >= 0.6 is 0 Å². The third-order valence-electron chi connectivity index (χ3n) is 4.24. The van der Waals surface area contributed by atoms with Gasteiger partial charge in [-0.05, 0) is 52.0 Å². The minimum Gasteiger partial charge on any atom is -0.444 e. The van der Waals surface area contributed by atoms with Gasteiger partial charge in [0, 0.05) is 18.1 Å². The molecule has 2 rings (SSSR count). The van der Waals surface area contributed by atoms with Crippen LogP contribution in [0.1, 0.15) is 65.0 Å². The first-order valence-corrected chi connectivity index (χ1v) is 8.69. The van der Waals surface area contributed by atoms with Crippen LogP contribution in [0.5, 0.6) is 0 Å². The lowest BCUT2D eigenvalue weighted by molar-refractivity contribution is 0.0496. The Morgan fingerprint density at radius 1 is 1.22 bits per heavy atom. The minimum absolute atomic E-state index is 0.141. The van der Waals surface area contributed by atoms with Crippen molar-refractivity contribution < 1.29 is 9.53 Å². The van der Waals surface area contributed by atoms with Crippen molar-refractivity contribution in [3.8, 4) is 0 Å². The van der Waals surface area contributed by atoms with Gasteiger partial charge in [-0.25, -0.2) is 4.79 Å². The summed E-state index contributed by atoms with van der Waals surface area (Å²) in [5, 5.41) is 6.77. The van der Waals surface area contributed by atoms with E-state index >= 15 is 0 Å². The highest BCUT2D eigenvalue weighted by Gasteiger charge is 2.31. The standard InChI is InChI=1S/C19H30N2O2/c1-5-15(14-10-7-6-8-11-14)20-16-12-9-13-17(16)21-18(22)23-19(2,3)4/h6-8,10-11,15-17,20H,5,9,12-13H2,1-4H3,(H,21,22). The third-order valence-corrected chi connectivity index (χ3v) is 4.24. The SMILES string of the molecule is CCC(NC1CCCC1NC(=O)OC(C)(C)C)c1ccccc1. The summed E-state index contributed by atoms with van der Waals surface area (Å²) in [6.45, 7) is 7.86. The van der Waals surface area contributed by atoms with E-state index in [2.05, 4.69) is 41.8 Å². The van der Waals surface area contributed by atoms with Gasteiger partial charge in [0.1, 0.15) is 5.60 Å². The molecule has 1 fully saturated rings. The van der Waals surface area contributed by atoms with Gasteiger partial charge in [-0.2, -0.15) is 0 Å². The molecule has 1 aromatic carbocycles. The Morgan fingerprint density at radius 3 is 2.48 bits per heavy atom. The van der Waals surface area contributed by atoms with Gasteiger partial charge in [0.05, 0.1) is 0 Å². The molecule has 1 saturated carbocycles. The molecule has 3 unspecified atom stereocenters. The zero-order valence-corrected chi connectivity index (χ0v) is 14.8. The normalized spacial score (nSPS) is 22.6. The summed E-state index contributed by atoms with van der Waals surface area (Å²) in [5.74, 6) is 0. The molecule has 3 atom stereocenters. The molecule has 23 heavy (non-hydrogen) atoms. The molecule has 0 heterocycles. The number of nitrogens with one attached hydrogen (secondary N) is 2. The largest absolute Gasteiger partial charge is 0.444 e. The number of hydrogen-bond donors (Lipinski definition) is 2. The van der Waals surface area contributed by atoms with Gasteiger partial charge in [-0.1, -0.05) is 37.3 Å². The smallest absolute Gasteiger partial charge is 0.407 e. The Labute approximate surface area is 140 Å². The maximum absolute atomic E-state index is 12.0. The molecule has 2 N–H and O–H groups in total. The van der Waals surface area contributed by atoms with Crippen LogP contribution < -0.4 is 10.6 Å². The number of amides is 1. The first kappa shape index (κ1) is 17.8. The molecule has 1 amide bonds. The van der Waals surface area contributed by atoms with E-state index in [1.807, 2.05) is 26.8 Å². The molecule has 4 heteroatoms. The molecule has 128 valence electrons. The molecule has 0 radical (unpaired) electrons. The fraction of sp³-hybridized carbons (Fsp3) is 0.632. The predicted molar refractivity (Wildman–Crippen MR) is 93.4 cm³/mol. The fourth-order valence-electron chi connectivity index (χ4n) is 3.18. The first-order chi connectivity index (χ1) is 10.9. The zero-order chi connectivity index (χ0) is 16.9. The molecule has 0 aromatic heterocycles. The number of alkyl carbamates (subject to hydrolysis) is 1. The average molecular weight is 318 g/mol. The molecule has 4 nitrogen and oxygen atoms in total. The summed E-state index contributed by atoms with van der Waals surface area (Å²) in [5.41, 5.74) is 0.847. The maximum atomic E-state index is 12.0. The van der Waals surface area contributed by atoms with Crippen molar-refractivity contribution in [2.75, 3.05) is 0 Å². The van der Waals surface area contributed by atoms with Crippen molar-refractivity contribution in [1.82, 2.24) is 10.6 Å². The predicted octanol–water partition coefficient (Wildman–Crippen LogP) is 4.17. The van der Waals surface area contributed by atoms with Gasteiger partial charge in [0.2, 0.25) is 0 Å². The van der Waals surface area contributed by atoms with E-state index in [0.29, 0.717) is 12.1 Å². The molecule has 0 saturated heterocycles. The van der Waals surface area contributed by atoms with Crippen molar-refractivity contribution in [2.45, 2.75) is 77.1 Å². The van der Waals surface area contributed by atoms with Crippen LogP contribution in [0.4, 0.5) is 4.79 Å². The van der Waals surface area contributed by atoms with Gasteiger partial charge in [0.15, 0.2) is 0 Å². The molecule has 0 aliphatic heterocycles. The molecular weight excluding hydrogens is 288 g/mol. The zero-order valence-electron chi connectivity index (χ0n) is 14.8. The Bertz CT molecular complexity index is 496. The van der Waals surface area contributed by atoms with E-state index in [1.165, 1.54) is 5.56 Å².